The fraction of sp³-hybridized carbons (Fsp3) is 0. The lowest BCUT2D eigenvalue weighted by Gasteiger charge is -2.04. The van der Waals surface area contributed by atoms with Gasteiger partial charge in [-0.1, -0.05) is 80.4 Å². The van der Waals surface area contributed by atoms with Crippen LogP contribution in [0.5, 0.6) is 0 Å². The molecule has 0 spiro atoms. The van der Waals surface area contributed by atoms with Gasteiger partial charge in [0.05, 0.1) is 22.8 Å². The molecular formula is C24H14Br2N2. The van der Waals surface area contributed by atoms with Crippen LogP contribution >= 0.6 is 31.9 Å². The van der Waals surface area contributed by atoms with Gasteiger partial charge in [-0.2, -0.15) is 0 Å². The lowest BCUT2D eigenvalue weighted by atomic mass is 10.1. The molecule has 1 aliphatic carbocycles. The highest BCUT2D eigenvalue weighted by Crippen LogP contribution is 2.34. The first kappa shape index (κ1) is 17.5. The minimum atomic E-state index is 0.899. The molecule has 1 aliphatic rings. The minimum Gasteiger partial charge on any atom is -0.246 e. The van der Waals surface area contributed by atoms with E-state index in [1.165, 1.54) is 10.8 Å². The lowest BCUT2D eigenvalue weighted by Crippen LogP contribution is -2.10. The van der Waals surface area contributed by atoms with Crippen LogP contribution in [0.15, 0.2) is 104 Å². The van der Waals surface area contributed by atoms with Gasteiger partial charge in [-0.3, -0.25) is 0 Å². The normalized spacial score (nSPS) is 15.6. The molecule has 0 atom stereocenters. The highest BCUT2D eigenvalue weighted by atomic mass is 79.9. The molecule has 4 aromatic rings. The Kier molecular flexibility index (Phi) is 4.46. The summed E-state index contributed by atoms with van der Waals surface area (Å²) in [4.78, 5) is 10.0. The van der Waals surface area contributed by atoms with Crippen LogP contribution in [0.1, 0.15) is 11.1 Å². The van der Waals surface area contributed by atoms with Crippen molar-refractivity contribution in [2.24, 2.45) is 9.98 Å². The van der Waals surface area contributed by atoms with Crippen LogP contribution in [0.2, 0.25) is 0 Å². The third-order valence-corrected chi connectivity index (χ3v) is 5.72. The molecule has 2 nitrogen and oxygen atoms in total. The van der Waals surface area contributed by atoms with E-state index in [1.54, 1.807) is 0 Å². The molecule has 0 amide bonds. The fourth-order valence-corrected chi connectivity index (χ4v) is 4.34. The number of hydrogen-bond acceptors (Lipinski definition) is 2. The fourth-order valence-electron chi connectivity index (χ4n) is 3.57. The molecule has 0 bridgehead atoms. The molecule has 4 aromatic carbocycles. The highest BCUT2D eigenvalue weighted by molar-refractivity contribution is 9.10. The predicted octanol–water partition coefficient (Wildman–Crippen LogP) is 7.62. The van der Waals surface area contributed by atoms with Gasteiger partial charge in [-0.15, -0.1) is 0 Å². The van der Waals surface area contributed by atoms with E-state index < -0.39 is 0 Å². The quantitative estimate of drug-likeness (QED) is 0.276. The molecule has 0 aliphatic heterocycles. The Morgan fingerprint density at radius 1 is 0.536 bits per heavy atom. The monoisotopic (exact) mass is 488 g/mol. The van der Waals surface area contributed by atoms with Gasteiger partial charge in [0.25, 0.3) is 0 Å². The van der Waals surface area contributed by atoms with Crippen molar-refractivity contribution in [3.63, 3.8) is 0 Å². The van der Waals surface area contributed by atoms with E-state index in [-0.39, 0.29) is 0 Å². The largest absolute Gasteiger partial charge is 0.246 e. The van der Waals surface area contributed by atoms with Crippen LogP contribution in [0.4, 0.5) is 11.4 Å². The van der Waals surface area contributed by atoms with E-state index in [1.807, 2.05) is 48.5 Å². The van der Waals surface area contributed by atoms with Gasteiger partial charge < -0.3 is 0 Å². The van der Waals surface area contributed by atoms with Crippen molar-refractivity contribution >= 4 is 65.4 Å². The maximum absolute atomic E-state index is 5.00. The van der Waals surface area contributed by atoms with Gasteiger partial charge in [0.15, 0.2) is 0 Å². The predicted molar refractivity (Wildman–Crippen MR) is 125 cm³/mol. The summed E-state index contributed by atoms with van der Waals surface area (Å²) < 4.78 is 2.02. The van der Waals surface area contributed by atoms with E-state index >= 15 is 0 Å². The Bertz CT molecular complexity index is 1190. The van der Waals surface area contributed by atoms with Gasteiger partial charge in [-0.25, -0.2) is 9.98 Å². The third kappa shape index (κ3) is 3.13. The maximum atomic E-state index is 5.00. The van der Waals surface area contributed by atoms with Crippen LogP contribution in [-0.2, 0) is 0 Å². The van der Waals surface area contributed by atoms with Crippen molar-refractivity contribution in [3.05, 3.63) is 105 Å². The van der Waals surface area contributed by atoms with Gasteiger partial charge in [0.2, 0.25) is 0 Å². The molecule has 0 radical (unpaired) electrons. The zero-order valence-electron chi connectivity index (χ0n) is 14.7. The summed E-state index contributed by atoms with van der Waals surface area (Å²) >= 11 is 7.08. The average Bonchev–Trinajstić information content (AvgIpc) is 2.97. The van der Waals surface area contributed by atoms with Gasteiger partial charge in [0.1, 0.15) is 0 Å². The first-order valence-corrected chi connectivity index (χ1v) is 10.5. The molecule has 0 N–H and O–H groups in total. The topological polar surface area (TPSA) is 24.7 Å². The lowest BCUT2D eigenvalue weighted by molar-refractivity contribution is 1.48. The molecule has 0 fully saturated rings. The summed E-state index contributed by atoms with van der Waals surface area (Å²) in [6.07, 6.45) is 0. The molecule has 134 valence electrons. The maximum Gasteiger partial charge on any atom is 0.0978 e. The van der Waals surface area contributed by atoms with Crippen LogP contribution in [0, 0.1) is 0 Å². The first-order chi connectivity index (χ1) is 13.7. The summed E-state index contributed by atoms with van der Waals surface area (Å²) in [6, 6.07) is 28.8. The average molecular weight is 490 g/mol. The van der Waals surface area contributed by atoms with E-state index in [0.29, 0.717) is 0 Å². The number of benzene rings is 4. The third-order valence-electron chi connectivity index (χ3n) is 4.74. The standard InChI is InChI=1S/C24H14Br2N2/c25-16-7-3-9-18(13-16)27-23-20-11-1-5-15-6-2-12-21(22(15)20)24(23)28-19-10-4-8-17(26)14-19/h1-14H. The zero-order chi connectivity index (χ0) is 19.1. The minimum absolute atomic E-state index is 0.899. The number of nitrogens with zero attached hydrogens (tertiary/aromatic N) is 2. The van der Waals surface area contributed by atoms with Crippen molar-refractivity contribution in [1.29, 1.82) is 0 Å². The van der Waals surface area contributed by atoms with Crippen LogP contribution < -0.4 is 0 Å². The summed E-state index contributed by atoms with van der Waals surface area (Å²) in [7, 11) is 0. The molecule has 4 heteroatoms. The number of hydrogen-bond donors (Lipinski definition) is 0. The van der Waals surface area contributed by atoms with Crippen molar-refractivity contribution < 1.29 is 0 Å². The van der Waals surface area contributed by atoms with Crippen LogP contribution in [-0.4, -0.2) is 11.4 Å². The molecule has 28 heavy (non-hydrogen) atoms. The second kappa shape index (κ2) is 7.12. The van der Waals surface area contributed by atoms with Gasteiger partial charge in [0, 0.05) is 25.5 Å². The molecule has 0 saturated carbocycles. The SMILES string of the molecule is Brc1cccc(N=C2C(=Nc3cccc(Br)c3)c3cccc4cccc2c34)c1. The number of rotatable bonds is 2. The Morgan fingerprint density at radius 2 is 1.00 bits per heavy atom. The highest BCUT2D eigenvalue weighted by Gasteiger charge is 2.27. The van der Waals surface area contributed by atoms with E-state index in [9.17, 15) is 0 Å². The summed E-state index contributed by atoms with van der Waals surface area (Å²) in [6.45, 7) is 0. The molecule has 0 aromatic heterocycles. The van der Waals surface area contributed by atoms with Crippen LogP contribution in [0.25, 0.3) is 10.8 Å². The smallest absolute Gasteiger partial charge is 0.0978 e. The van der Waals surface area contributed by atoms with E-state index in [4.69, 9.17) is 9.98 Å². The van der Waals surface area contributed by atoms with E-state index in [0.717, 1.165) is 42.9 Å². The Hall–Kier alpha value is -2.56. The van der Waals surface area contributed by atoms with Crippen molar-refractivity contribution in [1.82, 2.24) is 0 Å². The second-order valence-electron chi connectivity index (χ2n) is 6.59. The van der Waals surface area contributed by atoms with Crippen molar-refractivity contribution in [2.45, 2.75) is 0 Å². The van der Waals surface area contributed by atoms with Crippen molar-refractivity contribution in [3.8, 4) is 0 Å². The Balaban J connectivity index is 1.79. The summed E-state index contributed by atoms with van der Waals surface area (Å²) in [5.41, 5.74) is 5.87. The summed E-state index contributed by atoms with van der Waals surface area (Å²) in [5.74, 6) is 0. The number of halogens is 2. The number of aliphatic imine (C=N–C) groups is 2. The first-order valence-electron chi connectivity index (χ1n) is 8.90. The van der Waals surface area contributed by atoms with E-state index in [2.05, 4.69) is 68.3 Å². The zero-order valence-corrected chi connectivity index (χ0v) is 17.9. The Morgan fingerprint density at radius 3 is 1.46 bits per heavy atom. The molecule has 0 unspecified atom stereocenters. The summed E-state index contributed by atoms with van der Waals surface area (Å²) in [5, 5.41) is 2.42. The Labute approximate surface area is 179 Å². The van der Waals surface area contributed by atoms with Gasteiger partial charge in [-0.05, 0) is 41.8 Å². The van der Waals surface area contributed by atoms with Crippen LogP contribution in [0.3, 0.4) is 0 Å². The second-order valence-corrected chi connectivity index (χ2v) is 8.42. The molecule has 5 rings (SSSR count). The van der Waals surface area contributed by atoms with Gasteiger partial charge >= 0.3 is 0 Å². The van der Waals surface area contributed by atoms with Crippen molar-refractivity contribution in [2.75, 3.05) is 0 Å². The molecule has 0 saturated heterocycles. The molecule has 0 heterocycles. The molecular weight excluding hydrogens is 476 g/mol.